The molecule has 0 aliphatic carbocycles. The summed E-state index contributed by atoms with van der Waals surface area (Å²) in [6.07, 6.45) is 4.25. The lowest BCUT2D eigenvalue weighted by Gasteiger charge is -2.33. The molecule has 0 amide bonds. The lowest BCUT2D eigenvalue weighted by atomic mass is 10.2. The fraction of sp³-hybridized carbons (Fsp3) is 0.333. The first kappa shape index (κ1) is 18.8. The van der Waals surface area contributed by atoms with Crippen LogP contribution in [0.1, 0.15) is 16.7 Å². The van der Waals surface area contributed by atoms with Crippen LogP contribution in [0.4, 0.5) is 0 Å². The summed E-state index contributed by atoms with van der Waals surface area (Å²) < 4.78 is 27.5. The molecular formula is C21H26N2O2S. The molecule has 0 unspecified atom stereocenters. The number of sulfonamides is 1. The Labute approximate surface area is 156 Å². The summed E-state index contributed by atoms with van der Waals surface area (Å²) in [4.78, 5) is 2.73. The van der Waals surface area contributed by atoms with E-state index < -0.39 is 10.0 Å². The number of aryl methyl sites for hydroxylation is 2. The van der Waals surface area contributed by atoms with Gasteiger partial charge in [0.2, 0.25) is 10.0 Å². The fourth-order valence-corrected chi connectivity index (χ4v) is 4.91. The van der Waals surface area contributed by atoms with Crippen molar-refractivity contribution >= 4 is 16.1 Å². The Balaban J connectivity index is 1.59. The number of hydrogen-bond donors (Lipinski definition) is 0. The number of hydrogen-bond acceptors (Lipinski definition) is 3. The Kier molecular flexibility index (Phi) is 5.91. The van der Waals surface area contributed by atoms with E-state index in [1.165, 1.54) is 5.56 Å². The first-order valence-corrected chi connectivity index (χ1v) is 10.4. The average Bonchev–Trinajstić information content (AvgIpc) is 2.65. The lowest BCUT2D eigenvalue weighted by Crippen LogP contribution is -2.48. The molecule has 26 heavy (non-hydrogen) atoms. The highest BCUT2D eigenvalue weighted by atomic mass is 32.2. The summed E-state index contributed by atoms with van der Waals surface area (Å²) in [7, 11) is -3.41. The SMILES string of the molecule is Cc1ccc(C)c(S(=O)(=O)N2CCN(C/C=C/c3ccccc3)CC2)c1. The van der Waals surface area contributed by atoms with Crippen molar-refractivity contribution in [1.82, 2.24) is 9.21 Å². The van der Waals surface area contributed by atoms with Crippen molar-refractivity contribution < 1.29 is 8.42 Å². The zero-order chi connectivity index (χ0) is 18.6. The summed E-state index contributed by atoms with van der Waals surface area (Å²) in [6.45, 7) is 7.20. The van der Waals surface area contributed by atoms with Crippen LogP contribution in [0.5, 0.6) is 0 Å². The molecule has 0 N–H and O–H groups in total. The largest absolute Gasteiger partial charge is 0.297 e. The van der Waals surface area contributed by atoms with E-state index in [0.717, 1.165) is 30.8 Å². The van der Waals surface area contributed by atoms with Gasteiger partial charge in [0.05, 0.1) is 4.90 Å². The van der Waals surface area contributed by atoms with Crippen LogP contribution in [0.15, 0.2) is 59.5 Å². The fourth-order valence-electron chi connectivity index (χ4n) is 3.18. The molecule has 1 aliphatic rings. The summed E-state index contributed by atoms with van der Waals surface area (Å²) in [5.74, 6) is 0. The van der Waals surface area contributed by atoms with Crippen molar-refractivity contribution in [3.05, 3.63) is 71.3 Å². The maximum atomic E-state index is 13.0. The van der Waals surface area contributed by atoms with Gasteiger partial charge in [0.1, 0.15) is 0 Å². The van der Waals surface area contributed by atoms with Gasteiger partial charge < -0.3 is 0 Å². The Morgan fingerprint density at radius 3 is 2.35 bits per heavy atom. The summed E-state index contributed by atoms with van der Waals surface area (Å²) in [5.41, 5.74) is 2.96. The van der Waals surface area contributed by atoms with Crippen LogP contribution in [-0.4, -0.2) is 50.3 Å². The molecule has 0 saturated carbocycles. The van der Waals surface area contributed by atoms with Crippen LogP contribution < -0.4 is 0 Å². The number of piperazine rings is 1. The zero-order valence-corrected chi connectivity index (χ0v) is 16.2. The van der Waals surface area contributed by atoms with Crippen molar-refractivity contribution in [2.24, 2.45) is 0 Å². The second-order valence-electron chi connectivity index (χ2n) is 6.79. The Bertz CT molecular complexity index is 868. The Morgan fingerprint density at radius 1 is 0.962 bits per heavy atom. The van der Waals surface area contributed by atoms with Gasteiger partial charge in [-0.25, -0.2) is 8.42 Å². The molecule has 2 aromatic rings. The van der Waals surface area contributed by atoms with E-state index in [-0.39, 0.29) is 0 Å². The lowest BCUT2D eigenvalue weighted by molar-refractivity contribution is 0.204. The van der Waals surface area contributed by atoms with Crippen molar-refractivity contribution in [1.29, 1.82) is 0 Å². The van der Waals surface area contributed by atoms with E-state index >= 15 is 0 Å². The maximum Gasteiger partial charge on any atom is 0.243 e. The normalized spacial score (nSPS) is 17.0. The minimum atomic E-state index is -3.41. The van der Waals surface area contributed by atoms with Gasteiger partial charge in [0, 0.05) is 32.7 Å². The minimum absolute atomic E-state index is 0.440. The maximum absolute atomic E-state index is 13.0. The molecule has 138 valence electrons. The third kappa shape index (κ3) is 4.41. The topological polar surface area (TPSA) is 40.6 Å². The predicted molar refractivity (Wildman–Crippen MR) is 107 cm³/mol. The van der Waals surface area contributed by atoms with Crippen molar-refractivity contribution in [3.8, 4) is 0 Å². The van der Waals surface area contributed by atoms with Gasteiger partial charge in [0.25, 0.3) is 0 Å². The Morgan fingerprint density at radius 2 is 1.65 bits per heavy atom. The van der Waals surface area contributed by atoms with Crippen molar-refractivity contribution in [3.63, 3.8) is 0 Å². The van der Waals surface area contributed by atoms with Crippen LogP contribution in [0.3, 0.4) is 0 Å². The van der Waals surface area contributed by atoms with Gasteiger partial charge >= 0.3 is 0 Å². The van der Waals surface area contributed by atoms with Crippen molar-refractivity contribution in [2.45, 2.75) is 18.7 Å². The van der Waals surface area contributed by atoms with Gasteiger partial charge in [-0.2, -0.15) is 4.31 Å². The van der Waals surface area contributed by atoms with E-state index in [1.807, 2.05) is 44.2 Å². The van der Waals surface area contributed by atoms with Gasteiger partial charge in [0.15, 0.2) is 0 Å². The first-order chi connectivity index (χ1) is 12.5. The molecule has 0 radical (unpaired) electrons. The van der Waals surface area contributed by atoms with Crippen LogP contribution in [0.25, 0.3) is 6.08 Å². The number of benzene rings is 2. The smallest absolute Gasteiger partial charge is 0.243 e. The minimum Gasteiger partial charge on any atom is -0.297 e. The summed E-state index contributed by atoms with van der Waals surface area (Å²) in [5, 5.41) is 0. The van der Waals surface area contributed by atoms with E-state index in [0.29, 0.717) is 18.0 Å². The van der Waals surface area contributed by atoms with Gasteiger partial charge in [-0.3, -0.25) is 4.90 Å². The van der Waals surface area contributed by atoms with Crippen LogP contribution in [-0.2, 0) is 10.0 Å². The molecule has 1 fully saturated rings. The highest BCUT2D eigenvalue weighted by Gasteiger charge is 2.29. The van der Waals surface area contributed by atoms with Crippen molar-refractivity contribution in [2.75, 3.05) is 32.7 Å². The number of rotatable bonds is 5. The molecule has 1 heterocycles. The summed E-state index contributed by atoms with van der Waals surface area (Å²) in [6, 6.07) is 15.8. The van der Waals surface area contributed by atoms with Gasteiger partial charge in [-0.1, -0.05) is 54.6 Å². The van der Waals surface area contributed by atoms with Crippen LogP contribution >= 0.6 is 0 Å². The van der Waals surface area contributed by atoms with E-state index in [9.17, 15) is 8.42 Å². The molecule has 0 bridgehead atoms. The molecule has 4 nitrogen and oxygen atoms in total. The quantitative estimate of drug-likeness (QED) is 0.811. The zero-order valence-electron chi connectivity index (χ0n) is 15.4. The first-order valence-electron chi connectivity index (χ1n) is 8.98. The second kappa shape index (κ2) is 8.16. The average molecular weight is 371 g/mol. The van der Waals surface area contributed by atoms with Gasteiger partial charge in [-0.05, 0) is 36.6 Å². The molecular weight excluding hydrogens is 344 g/mol. The Hall–Kier alpha value is -1.95. The highest BCUT2D eigenvalue weighted by Crippen LogP contribution is 2.22. The standard InChI is InChI=1S/C21H26N2O2S/c1-18-10-11-19(2)21(17-18)26(24,25)23-15-13-22(14-16-23)12-6-9-20-7-4-3-5-8-20/h3-11,17H,12-16H2,1-2H3/b9-6+. The molecule has 0 aromatic heterocycles. The van der Waals surface area contributed by atoms with E-state index in [1.54, 1.807) is 10.4 Å². The van der Waals surface area contributed by atoms with Gasteiger partial charge in [-0.15, -0.1) is 0 Å². The molecule has 0 atom stereocenters. The third-order valence-corrected chi connectivity index (χ3v) is 6.81. The molecule has 1 aliphatic heterocycles. The molecule has 5 heteroatoms. The molecule has 2 aromatic carbocycles. The monoisotopic (exact) mass is 370 g/mol. The van der Waals surface area contributed by atoms with Crippen LogP contribution in [0, 0.1) is 13.8 Å². The molecule has 1 saturated heterocycles. The van der Waals surface area contributed by atoms with Crippen LogP contribution in [0.2, 0.25) is 0 Å². The van der Waals surface area contributed by atoms with E-state index in [2.05, 4.69) is 29.2 Å². The van der Waals surface area contributed by atoms with E-state index in [4.69, 9.17) is 0 Å². The predicted octanol–water partition coefficient (Wildman–Crippen LogP) is 3.32. The molecule has 0 spiro atoms. The summed E-state index contributed by atoms with van der Waals surface area (Å²) >= 11 is 0. The second-order valence-corrected chi connectivity index (χ2v) is 8.69. The number of nitrogens with zero attached hydrogens (tertiary/aromatic N) is 2. The third-order valence-electron chi connectivity index (χ3n) is 4.77. The highest BCUT2D eigenvalue weighted by molar-refractivity contribution is 7.89. The molecule has 3 rings (SSSR count).